The van der Waals surface area contributed by atoms with E-state index in [1.54, 1.807) is 17.8 Å². The molecule has 0 N–H and O–H groups in total. The summed E-state index contributed by atoms with van der Waals surface area (Å²) in [6.45, 7) is 4.53. The van der Waals surface area contributed by atoms with Crippen molar-refractivity contribution in [1.29, 1.82) is 0 Å². The van der Waals surface area contributed by atoms with Crippen molar-refractivity contribution >= 4 is 11.8 Å². The molecule has 1 aliphatic carbocycles. The Balaban J connectivity index is 1.52. The first-order chi connectivity index (χ1) is 13.7. The van der Waals surface area contributed by atoms with E-state index in [9.17, 15) is 4.39 Å². The van der Waals surface area contributed by atoms with Crippen molar-refractivity contribution in [3.05, 3.63) is 65.0 Å². The van der Waals surface area contributed by atoms with Gasteiger partial charge in [-0.05, 0) is 79.2 Å². The lowest BCUT2D eigenvalue weighted by Crippen LogP contribution is -2.12. The first-order valence-electron chi connectivity index (χ1n) is 11.2. The fraction of sp³-hybridized carbons (Fsp3) is 0.538. The van der Waals surface area contributed by atoms with Crippen molar-refractivity contribution < 1.29 is 4.39 Å². The summed E-state index contributed by atoms with van der Waals surface area (Å²) in [5.74, 6) is 2.22. The van der Waals surface area contributed by atoms with E-state index in [1.807, 2.05) is 6.07 Å². The summed E-state index contributed by atoms with van der Waals surface area (Å²) < 4.78 is 14.7. The van der Waals surface area contributed by atoms with Crippen LogP contribution in [0.5, 0.6) is 0 Å². The molecule has 0 heterocycles. The molecule has 2 heteroatoms. The van der Waals surface area contributed by atoms with E-state index < -0.39 is 0 Å². The minimum Gasteiger partial charge on any atom is -0.206 e. The molecule has 2 aromatic rings. The SMILES string of the molecule is CCCCCc1ccc(CSc2ccc([C@H]3CC[C@H](CC)CC3)cc2F)cc1. The number of halogens is 1. The molecule has 1 aliphatic rings. The Bertz CT molecular complexity index is 714. The largest absolute Gasteiger partial charge is 0.206 e. The molecule has 0 nitrogen and oxygen atoms in total. The molecular weight excluding hydrogens is 363 g/mol. The van der Waals surface area contributed by atoms with Crippen LogP contribution in [0.1, 0.15) is 87.8 Å². The van der Waals surface area contributed by atoms with Crippen molar-refractivity contribution in [2.24, 2.45) is 5.92 Å². The fourth-order valence-corrected chi connectivity index (χ4v) is 5.21. The van der Waals surface area contributed by atoms with Crippen LogP contribution in [-0.4, -0.2) is 0 Å². The van der Waals surface area contributed by atoms with E-state index in [0.717, 1.165) is 23.0 Å². The second-order valence-electron chi connectivity index (χ2n) is 8.38. The van der Waals surface area contributed by atoms with Gasteiger partial charge in [0.25, 0.3) is 0 Å². The Kier molecular flexibility index (Phi) is 8.45. The fourth-order valence-electron chi connectivity index (χ4n) is 4.33. The third-order valence-corrected chi connectivity index (χ3v) is 7.46. The maximum absolute atomic E-state index is 14.7. The smallest absolute Gasteiger partial charge is 0.137 e. The van der Waals surface area contributed by atoms with Gasteiger partial charge in [0.05, 0.1) is 0 Å². The molecule has 2 aromatic carbocycles. The molecule has 0 spiro atoms. The number of hydrogen-bond acceptors (Lipinski definition) is 1. The molecule has 1 saturated carbocycles. The predicted octanol–water partition coefficient (Wildman–Crippen LogP) is 8.53. The Morgan fingerprint density at radius 3 is 2.25 bits per heavy atom. The molecular formula is C26H35FS. The average molecular weight is 399 g/mol. The normalized spacial score (nSPS) is 19.7. The number of thioether (sulfide) groups is 1. The van der Waals surface area contributed by atoms with Gasteiger partial charge in [-0.25, -0.2) is 4.39 Å². The topological polar surface area (TPSA) is 0 Å². The molecule has 0 radical (unpaired) electrons. The van der Waals surface area contributed by atoms with Crippen LogP contribution in [-0.2, 0) is 12.2 Å². The highest BCUT2D eigenvalue weighted by Crippen LogP contribution is 2.38. The summed E-state index contributed by atoms with van der Waals surface area (Å²) in [6, 6.07) is 14.8. The van der Waals surface area contributed by atoms with Gasteiger partial charge >= 0.3 is 0 Å². The lowest BCUT2D eigenvalue weighted by molar-refractivity contribution is 0.318. The van der Waals surface area contributed by atoms with Gasteiger partial charge in [-0.2, -0.15) is 0 Å². The van der Waals surface area contributed by atoms with Crippen molar-refractivity contribution in [2.45, 2.75) is 88.2 Å². The highest BCUT2D eigenvalue weighted by Gasteiger charge is 2.22. The quantitative estimate of drug-likeness (QED) is 0.301. The second kappa shape index (κ2) is 11.0. The average Bonchev–Trinajstić information content (AvgIpc) is 2.74. The Labute approximate surface area is 175 Å². The molecule has 0 unspecified atom stereocenters. The van der Waals surface area contributed by atoms with Crippen LogP contribution in [0, 0.1) is 11.7 Å². The van der Waals surface area contributed by atoms with Crippen molar-refractivity contribution in [3.8, 4) is 0 Å². The molecule has 0 atom stereocenters. The maximum atomic E-state index is 14.7. The summed E-state index contributed by atoms with van der Waals surface area (Å²) in [7, 11) is 0. The minimum atomic E-state index is -0.0451. The van der Waals surface area contributed by atoms with Gasteiger partial charge in [0.1, 0.15) is 5.82 Å². The summed E-state index contributed by atoms with van der Waals surface area (Å²) in [5, 5.41) is 0. The molecule has 0 saturated heterocycles. The zero-order chi connectivity index (χ0) is 19.8. The van der Waals surface area contributed by atoms with Crippen LogP contribution in [0.2, 0.25) is 0 Å². The van der Waals surface area contributed by atoms with Crippen molar-refractivity contribution in [3.63, 3.8) is 0 Å². The first kappa shape index (κ1) is 21.4. The van der Waals surface area contributed by atoms with Crippen LogP contribution in [0.25, 0.3) is 0 Å². The number of unbranched alkanes of at least 4 members (excludes halogenated alkanes) is 2. The van der Waals surface area contributed by atoms with Gasteiger partial charge in [-0.3, -0.25) is 0 Å². The third kappa shape index (κ3) is 6.11. The van der Waals surface area contributed by atoms with Crippen molar-refractivity contribution in [1.82, 2.24) is 0 Å². The molecule has 0 aromatic heterocycles. The molecule has 28 heavy (non-hydrogen) atoms. The molecule has 0 amide bonds. The van der Waals surface area contributed by atoms with Crippen LogP contribution in [0.15, 0.2) is 47.4 Å². The van der Waals surface area contributed by atoms with Gasteiger partial charge in [0.2, 0.25) is 0 Å². The van der Waals surface area contributed by atoms with Crippen molar-refractivity contribution in [2.75, 3.05) is 0 Å². The third-order valence-electron chi connectivity index (χ3n) is 6.34. The lowest BCUT2D eigenvalue weighted by atomic mass is 9.78. The van der Waals surface area contributed by atoms with E-state index in [1.165, 1.54) is 68.1 Å². The summed E-state index contributed by atoms with van der Waals surface area (Å²) >= 11 is 1.61. The van der Waals surface area contributed by atoms with Crippen LogP contribution >= 0.6 is 11.8 Å². The van der Waals surface area contributed by atoms with Gasteiger partial charge in [-0.1, -0.05) is 63.4 Å². The first-order valence-corrected chi connectivity index (χ1v) is 12.2. The van der Waals surface area contributed by atoms with Crippen LogP contribution in [0.3, 0.4) is 0 Å². The predicted molar refractivity (Wildman–Crippen MR) is 121 cm³/mol. The van der Waals surface area contributed by atoms with Gasteiger partial charge < -0.3 is 0 Å². The van der Waals surface area contributed by atoms with Gasteiger partial charge in [-0.15, -0.1) is 11.8 Å². The number of benzene rings is 2. The number of rotatable bonds is 9. The van der Waals surface area contributed by atoms with E-state index in [0.29, 0.717) is 5.92 Å². The zero-order valence-corrected chi connectivity index (χ0v) is 18.4. The highest BCUT2D eigenvalue weighted by molar-refractivity contribution is 7.98. The number of aryl methyl sites for hydroxylation is 1. The lowest BCUT2D eigenvalue weighted by Gasteiger charge is -2.28. The van der Waals surface area contributed by atoms with E-state index in [4.69, 9.17) is 0 Å². The summed E-state index contributed by atoms with van der Waals surface area (Å²) in [5.41, 5.74) is 3.88. The maximum Gasteiger partial charge on any atom is 0.137 e. The molecule has 152 valence electrons. The van der Waals surface area contributed by atoms with Crippen LogP contribution in [0.4, 0.5) is 4.39 Å². The van der Waals surface area contributed by atoms with E-state index in [2.05, 4.69) is 44.2 Å². The molecule has 1 fully saturated rings. The standard InChI is InChI=1S/C26H35FS/c1-3-5-6-7-21-8-10-22(11-9-21)19-28-26-17-16-24(18-25(26)27)23-14-12-20(4-2)13-15-23/h8-11,16-18,20,23H,3-7,12-15,19H2,1-2H3/t20-,23-. The Morgan fingerprint density at radius 2 is 1.61 bits per heavy atom. The monoisotopic (exact) mass is 398 g/mol. The van der Waals surface area contributed by atoms with E-state index >= 15 is 0 Å². The summed E-state index contributed by atoms with van der Waals surface area (Å²) in [6.07, 6.45) is 11.3. The summed E-state index contributed by atoms with van der Waals surface area (Å²) in [4.78, 5) is 0.776. The highest BCUT2D eigenvalue weighted by atomic mass is 32.2. The van der Waals surface area contributed by atoms with Gasteiger partial charge in [0, 0.05) is 10.6 Å². The molecule has 0 bridgehead atoms. The Hall–Kier alpha value is -1.28. The second-order valence-corrected chi connectivity index (χ2v) is 9.40. The zero-order valence-electron chi connectivity index (χ0n) is 17.6. The number of hydrogen-bond donors (Lipinski definition) is 0. The van der Waals surface area contributed by atoms with Gasteiger partial charge in [0.15, 0.2) is 0 Å². The molecule has 3 rings (SSSR count). The Morgan fingerprint density at radius 1 is 0.893 bits per heavy atom. The minimum absolute atomic E-state index is 0.0451. The molecule has 0 aliphatic heterocycles. The van der Waals surface area contributed by atoms with Crippen LogP contribution < -0.4 is 0 Å². The van der Waals surface area contributed by atoms with E-state index in [-0.39, 0.29) is 5.82 Å².